The van der Waals surface area contributed by atoms with E-state index < -0.39 is 5.91 Å². The van der Waals surface area contributed by atoms with Crippen LogP contribution in [0.1, 0.15) is 16.2 Å². The number of primary amides is 1. The fourth-order valence-corrected chi connectivity index (χ4v) is 1.75. The maximum Gasteiger partial charge on any atom is 0.267 e. The summed E-state index contributed by atoms with van der Waals surface area (Å²) in [5, 5.41) is 5.10. The van der Waals surface area contributed by atoms with Crippen molar-refractivity contribution in [3.05, 3.63) is 40.6 Å². The lowest BCUT2D eigenvalue weighted by Gasteiger charge is -2.04. The molecule has 2 aromatic rings. The van der Waals surface area contributed by atoms with Gasteiger partial charge in [0.05, 0.1) is 17.7 Å². The number of hydrogen-bond donors (Lipinski definition) is 2. The van der Waals surface area contributed by atoms with Crippen LogP contribution in [0.2, 0.25) is 0 Å². The molecule has 5 nitrogen and oxygen atoms in total. The highest BCUT2D eigenvalue weighted by molar-refractivity contribution is 7.07. The van der Waals surface area contributed by atoms with Gasteiger partial charge in [0.25, 0.3) is 5.91 Å². The molecule has 0 aromatic carbocycles. The largest absolute Gasteiger partial charge is 0.379 e. The summed E-state index contributed by atoms with van der Waals surface area (Å²) in [4.78, 5) is 18.9. The first-order valence-corrected chi connectivity index (χ1v) is 5.57. The molecule has 1 amide bonds. The molecule has 0 radical (unpaired) electrons. The van der Waals surface area contributed by atoms with Gasteiger partial charge in [-0.1, -0.05) is 0 Å². The number of nitrogens with two attached hydrogens (primary N) is 1. The fourth-order valence-electron chi connectivity index (χ4n) is 1.19. The molecule has 0 aliphatic rings. The zero-order valence-electron chi connectivity index (χ0n) is 8.38. The third kappa shape index (κ3) is 2.54. The van der Waals surface area contributed by atoms with E-state index in [0.29, 0.717) is 6.54 Å². The molecule has 0 aliphatic heterocycles. The normalized spacial score (nSPS) is 10.0. The highest BCUT2D eigenvalue weighted by Crippen LogP contribution is 2.10. The quantitative estimate of drug-likeness (QED) is 0.834. The van der Waals surface area contributed by atoms with E-state index in [-0.39, 0.29) is 5.69 Å². The van der Waals surface area contributed by atoms with Crippen LogP contribution >= 0.6 is 11.3 Å². The number of hydrogen-bond acceptors (Lipinski definition) is 5. The van der Waals surface area contributed by atoms with Gasteiger partial charge in [-0.2, -0.15) is 0 Å². The lowest BCUT2D eigenvalue weighted by atomic mass is 10.3. The number of amides is 1. The summed E-state index contributed by atoms with van der Waals surface area (Å²) in [7, 11) is 0. The Kier molecular flexibility index (Phi) is 3.11. The van der Waals surface area contributed by atoms with Crippen LogP contribution in [0.4, 0.5) is 5.69 Å². The van der Waals surface area contributed by atoms with E-state index >= 15 is 0 Å². The zero-order valence-corrected chi connectivity index (χ0v) is 9.20. The van der Waals surface area contributed by atoms with Crippen LogP contribution in [0, 0.1) is 0 Å². The minimum atomic E-state index is -0.530. The van der Waals surface area contributed by atoms with Gasteiger partial charge in [0.2, 0.25) is 0 Å². The number of anilines is 1. The molecule has 16 heavy (non-hydrogen) atoms. The van der Waals surface area contributed by atoms with Crippen molar-refractivity contribution in [2.75, 3.05) is 5.32 Å². The maximum atomic E-state index is 10.9. The molecular weight excluding hydrogens is 224 g/mol. The van der Waals surface area contributed by atoms with Gasteiger partial charge >= 0.3 is 0 Å². The molecule has 3 N–H and O–H groups in total. The molecule has 6 heteroatoms. The van der Waals surface area contributed by atoms with Crippen molar-refractivity contribution in [3.63, 3.8) is 0 Å². The van der Waals surface area contributed by atoms with E-state index in [1.807, 2.05) is 5.38 Å². The molecule has 0 spiro atoms. The number of rotatable bonds is 4. The Bertz CT molecular complexity index is 483. The molecule has 82 valence electrons. The first kappa shape index (κ1) is 10.6. The van der Waals surface area contributed by atoms with E-state index in [1.165, 1.54) is 0 Å². The molecule has 0 fully saturated rings. The van der Waals surface area contributed by atoms with Crippen molar-refractivity contribution in [1.29, 1.82) is 0 Å². The van der Waals surface area contributed by atoms with Crippen LogP contribution in [-0.2, 0) is 6.54 Å². The van der Waals surface area contributed by atoms with Crippen LogP contribution in [0.15, 0.2) is 29.2 Å². The average molecular weight is 234 g/mol. The predicted octanol–water partition coefficient (Wildman–Crippen LogP) is 1.25. The summed E-state index contributed by atoms with van der Waals surface area (Å²) in [6.45, 7) is 0.617. The Hall–Kier alpha value is -1.95. The molecule has 0 unspecified atom stereocenters. The van der Waals surface area contributed by atoms with Crippen molar-refractivity contribution in [1.82, 2.24) is 9.97 Å². The van der Waals surface area contributed by atoms with Gasteiger partial charge in [-0.25, -0.2) is 4.98 Å². The van der Waals surface area contributed by atoms with Gasteiger partial charge < -0.3 is 11.1 Å². The first-order chi connectivity index (χ1) is 7.75. The van der Waals surface area contributed by atoms with Crippen LogP contribution in [0.5, 0.6) is 0 Å². The van der Waals surface area contributed by atoms with E-state index in [1.54, 1.807) is 35.2 Å². The Balaban J connectivity index is 2.04. The summed E-state index contributed by atoms with van der Waals surface area (Å²) in [5.41, 5.74) is 8.93. The number of nitrogens with zero attached hydrogens (tertiary/aromatic N) is 2. The molecule has 2 aromatic heterocycles. The monoisotopic (exact) mass is 234 g/mol. The second-order valence-corrected chi connectivity index (χ2v) is 3.85. The van der Waals surface area contributed by atoms with Crippen molar-refractivity contribution in [2.24, 2.45) is 5.73 Å². The summed E-state index contributed by atoms with van der Waals surface area (Å²) < 4.78 is 0. The Labute approximate surface area is 96.3 Å². The first-order valence-electron chi connectivity index (χ1n) is 4.62. The molecular formula is C10H10N4OS. The van der Waals surface area contributed by atoms with Crippen molar-refractivity contribution in [2.45, 2.75) is 6.54 Å². The number of carbonyl (C=O) groups is 1. The molecule has 2 heterocycles. The second-order valence-electron chi connectivity index (χ2n) is 3.13. The number of thiazole rings is 1. The van der Waals surface area contributed by atoms with Crippen molar-refractivity contribution in [3.8, 4) is 0 Å². The Morgan fingerprint density at radius 1 is 1.50 bits per heavy atom. The number of aromatic nitrogens is 2. The third-order valence-corrected chi connectivity index (χ3v) is 2.60. The fraction of sp³-hybridized carbons (Fsp3) is 0.100. The Morgan fingerprint density at radius 3 is 3.06 bits per heavy atom. The summed E-state index contributed by atoms with van der Waals surface area (Å²) >= 11 is 1.55. The minimum Gasteiger partial charge on any atom is -0.379 e. The summed E-state index contributed by atoms with van der Waals surface area (Å²) in [6.07, 6.45) is 1.55. The maximum absolute atomic E-state index is 10.9. The SMILES string of the molecule is NC(=O)c1cc(NCc2cscn2)ccn1. The third-order valence-electron chi connectivity index (χ3n) is 1.97. The van der Waals surface area contributed by atoms with Gasteiger partial charge in [0.1, 0.15) is 5.69 Å². The summed E-state index contributed by atoms with van der Waals surface area (Å²) in [5.74, 6) is -0.530. The molecule has 0 aliphatic carbocycles. The van der Waals surface area contributed by atoms with Gasteiger partial charge in [0.15, 0.2) is 0 Å². The van der Waals surface area contributed by atoms with Crippen LogP contribution in [0.25, 0.3) is 0 Å². The van der Waals surface area contributed by atoms with Crippen molar-refractivity contribution >= 4 is 22.9 Å². The molecule has 0 bridgehead atoms. The lowest BCUT2D eigenvalue weighted by Crippen LogP contribution is -2.13. The van der Waals surface area contributed by atoms with E-state index in [9.17, 15) is 4.79 Å². The van der Waals surface area contributed by atoms with E-state index in [0.717, 1.165) is 11.4 Å². The van der Waals surface area contributed by atoms with E-state index in [2.05, 4.69) is 15.3 Å². The zero-order chi connectivity index (χ0) is 11.4. The topological polar surface area (TPSA) is 80.9 Å². The summed E-state index contributed by atoms with van der Waals surface area (Å²) in [6, 6.07) is 3.40. The van der Waals surface area contributed by atoms with Crippen LogP contribution in [0.3, 0.4) is 0 Å². The van der Waals surface area contributed by atoms with Crippen molar-refractivity contribution < 1.29 is 4.79 Å². The van der Waals surface area contributed by atoms with Crippen LogP contribution < -0.4 is 11.1 Å². The Morgan fingerprint density at radius 2 is 2.38 bits per heavy atom. The van der Waals surface area contributed by atoms with Gasteiger partial charge in [-0.05, 0) is 12.1 Å². The standard InChI is InChI=1S/C10H10N4OS/c11-10(15)9-3-7(1-2-12-9)13-4-8-5-16-6-14-8/h1-3,5-6H,4H2,(H2,11,15)(H,12,13). The molecule has 0 saturated carbocycles. The van der Waals surface area contributed by atoms with Crippen LogP contribution in [-0.4, -0.2) is 15.9 Å². The number of pyridine rings is 1. The van der Waals surface area contributed by atoms with Gasteiger partial charge in [-0.15, -0.1) is 11.3 Å². The van der Waals surface area contributed by atoms with Gasteiger partial charge in [-0.3, -0.25) is 9.78 Å². The highest BCUT2D eigenvalue weighted by atomic mass is 32.1. The number of nitrogens with one attached hydrogen (secondary N) is 1. The second kappa shape index (κ2) is 4.71. The number of carbonyl (C=O) groups excluding carboxylic acids is 1. The molecule has 2 rings (SSSR count). The average Bonchev–Trinajstić information content (AvgIpc) is 2.79. The highest BCUT2D eigenvalue weighted by Gasteiger charge is 2.02. The smallest absolute Gasteiger partial charge is 0.267 e. The molecule has 0 atom stereocenters. The van der Waals surface area contributed by atoms with E-state index in [4.69, 9.17) is 5.73 Å². The van der Waals surface area contributed by atoms with Gasteiger partial charge in [0, 0.05) is 17.3 Å². The minimum absolute atomic E-state index is 0.253. The predicted molar refractivity (Wildman–Crippen MR) is 62.2 cm³/mol. The molecule has 0 saturated heterocycles. The lowest BCUT2D eigenvalue weighted by molar-refractivity contribution is 0.0995.